The number of thiophene rings is 1. The molecule has 0 aliphatic rings. The maximum atomic E-state index is 12.2. The van der Waals surface area contributed by atoms with E-state index in [9.17, 15) is 4.79 Å². The number of carbonyl (C=O) groups excluding carboxylic acids is 1. The molecule has 1 aromatic carbocycles. The van der Waals surface area contributed by atoms with Crippen LogP contribution in [0.1, 0.15) is 21.5 Å². The lowest BCUT2D eigenvalue weighted by molar-refractivity contribution is 0.0733. The number of fused-ring (bicyclic) bond motifs is 1. The van der Waals surface area contributed by atoms with E-state index in [1.165, 1.54) is 0 Å². The number of ether oxygens (including phenoxy) is 1. The van der Waals surface area contributed by atoms with Crippen molar-refractivity contribution in [1.29, 1.82) is 0 Å². The number of esters is 1. The Balaban J connectivity index is 1.90. The maximum Gasteiger partial charge on any atom is 0.345 e. The molecule has 0 unspecified atom stereocenters. The van der Waals surface area contributed by atoms with E-state index in [0.29, 0.717) is 17.0 Å². The molecule has 0 radical (unpaired) electrons. The van der Waals surface area contributed by atoms with Gasteiger partial charge in [0.05, 0.1) is 5.56 Å². The molecule has 0 saturated carbocycles. The number of nitrogens with zero attached hydrogens (tertiary/aromatic N) is 1. The summed E-state index contributed by atoms with van der Waals surface area (Å²) < 4.78 is 5.46. The van der Waals surface area contributed by atoms with E-state index < -0.39 is 5.97 Å². The number of nitrogen functional groups attached to an aromatic ring is 1. The normalized spacial score (nSPS) is 10.8. The molecule has 4 nitrogen and oxygen atoms in total. The molecule has 0 bridgehead atoms. The van der Waals surface area contributed by atoms with Gasteiger partial charge in [-0.15, -0.1) is 11.3 Å². The SMILES string of the molecule is Cc1cc(OC(=O)c2cnc3sccc3c2)c(C)cc1N. The third-order valence-corrected chi connectivity index (χ3v) is 4.14. The topological polar surface area (TPSA) is 65.2 Å². The number of carbonyl (C=O) groups is 1. The first-order valence-corrected chi connectivity index (χ1v) is 7.35. The highest BCUT2D eigenvalue weighted by molar-refractivity contribution is 7.16. The van der Waals surface area contributed by atoms with Crippen LogP contribution in [0.15, 0.2) is 35.8 Å². The van der Waals surface area contributed by atoms with Crippen LogP contribution in [-0.2, 0) is 0 Å². The number of hydrogen-bond acceptors (Lipinski definition) is 5. The zero-order valence-corrected chi connectivity index (χ0v) is 12.5. The fourth-order valence-corrected chi connectivity index (χ4v) is 2.77. The van der Waals surface area contributed by atoms with Gasteiger partial charge in [-0.25, -0.2) is 9.78 Å². The van der Waals surface area contributed by atoms with Gasteiger partial charge in [0.2, 0.25) is 0 Å². The highest BCUT2D eigenvalue weighted by Gasteiger charge is 2.13. The molecular formula is C16H14N2O2S. The van der Waals surface area contributed by atoms with E-state index in [1.54, 1.807) is 35.7 Å². The summed E-state index contributed by atoms with van der Waals surface area (Å²) in [6.45, 7) is 3.74. The first kappa shape index (κ1) is 13.6. The Bertz CT molecular complexity index is 839. The van der Waals surface area contributed by atoms with E-state index in [4.69, 9.17) is 10.5 Å². The molecule has 2 aromatic heterocycles. The van der Waals surface area contributed by atoms with Gasteiger partial charge in [0.1, 0.15) is 10.6 Å². The average molecular weight is 298 g/mol. The van der Waals surface area contributed by atoms with Crippen molar-refractivity contribution >= 4 is 33.2 Å². The number of benzene rings is 1. The van der Waals surface area contributed by atoms with E-state index in [-0.39, 0.29) is 0 Å². The van der Waals surface area contributed by atoms with E-state index in [1.807, 2.05) is 25.3 Å². The number of aromatic nitrogens is 1. The van der Waals surface area contributed by atoms with Gasteiger partial charge < -0.3 is 10.5 Å². The van der Waals surface area contributed by atoms with E-state index >= 15 is 0 Å². The summed E-state index contributed by atoms with van der Waals surface area (Å²) in [7, 11) is 0. The molecule has 3 aromatic rings. The highest BCUT2D eigenvalue weighted by atomic mass is 32.1. The fourth-order valence-electron chi connectivity index (χ4n) is 2.05. The van der Waals surface area contributed by atoms with Crippen molar-refractivity contribution in [2.24, 2.45) is 0 Å². The summed E-state index contributed by atoms with van der Waals surface area (Å²) in [5.41, 5.74) is 8.67. The van der Waals surface area contributed by atoms with Crippen molar-refractivity contribution in [3.05, 3.63) is 52.5 Å². The molecule has 2 heterocycles. The quantitative estimate of drug-likeness (QED) is 0.445. The first-order chi connectivity index (χ1) is 10.0. The number of rotatable bonds is 2. The van der Waals surface area contributed by atoms with Gasteiger partial charge >= 0.3 is 5.97 Å². The zero-order chi connectivity index (χ0) is 15.0. The maximum absolute atomic E-state index is 12.2. The van der Waals surface area contributed by atoms with Crippen LogP contribution in [0.4, 0.5) is 5.69 Å². The Labute approximate surface area is 126 Å². The molecule has 106 valence electrons. The van der Waals surface area contributed by atoms with Crippen molar-refractivity contribution in [3.63, 3.8) is 0 Å². The van der Waals surface area contributed by atoms with Crippen molar-refractivity contribution in [1.82, 2.24) is 4.98 Å². The minimum atomic E-state index is -0.414. The van der Waals surface area contributed by atoms with Crippen LogP contribution in [0.25, 0.3) is 10.2 Å². The third-order valence-electron chi connectivity index (χ3n) is 3.31. The Morgan fingerprint density at radius 2 is 2.05 bits per heavy atom. The van der Waals surface area contributed by atoms with Gasteiger partial charge in [-0.2, -0.15) is 0 Å². The van der Waals surface area contributed by atoms with Crippen LogP contribution >= 0.6 is 11.3 Å². The molecule has 0 atom stereocenters. The van der Waals surface area contributed by atoms with E-state index in [0.717, 1.165) is 21.3 Å². The second-order valence-electron chi connectivity index (χ2n) is 4.90. The molecule has 0 saturated heterocycles. The van der Waals surface area contributed by atoms with Crippen molar-refractivity contribution in [2.75, 3.05) is 5.73 Å². The number of pyridine rings is 1. The third kappa shape index (κ3) is 2.60. The van der Waals surface area contributed by atoms with Gasteiger partial charge in [0.25, 0.3) is 0 Å². The Morgan fingerprint density at radius 1 is 1.24 bits per heavy atom. The number of nitrogens with two attached hydrogens (primary N) is 1. The Kier molecular flexibility index (Phi) is 3.35. The number of anilines is 1. The molecular weight excluding hydrogens is 284 g/mol. The van der Waals surface area contributed by atoms with Gasteiger partial charge in [-0.3, -0.25) is 0 Å². The molecule has 0 aliphatic heterocycles. The zero-order valence-electron chi connectivity index (χ0n) is 11.7. The lowest BCUT2D eigenvalue weighted by atomic mass is 10.1. The molecule has 2 N–H and O–H groups in total. The molecule has 5 heteroatoms. The van der Waals surface area contributed by atoms with Crippen LogP contribution < -0.4 is 10.5 Å². The van der Waals surface area contributed by atoms with Gasteiger partial charge in [0.15, 0.2) is 0 Å². The number of aryl methyl sites for hydroxylation is 2. The van der Waals surface area contributed by atoms with Crippen LogP contribution in [0, 0.1) is 13.8 Å². The smallest absolute Gasteiger partial charge is 0.345 e. The molecule has 0 amide bonds. The van der Waals surface area contributed by atoms with Crippen molar-refractivity contribution in [3.8, 4) is 5.75 Å². The van der Waals surface area contributed by atoms with Crippen LogP contribution in [0.2, 0.25) is 0 Å². The molecule has 0 aliphatic carbocycles. The summed E-state index contributed by atoms with van der Waals surface area (Å²) in [5.74, 6) is 0.111. The summed E-state index contributed by atoms with van der Waals surface area (Å²) in [6, 6.07) is 7.31. The lowest BCUT2D eigenvalue weighted by Gasteiger charge is -2.10. The van der Waals surface area contributed by atoms with Crippen LogP contribution in [0.5, 0.6) is 5.75 Å². The van der Waals surface area contributed by atoms with Crippen LogP contribution in [-0.4, -0.2) is 11.0 Å². The Hall–Kier alpha value is -2.40. The fraction of sp³-hybridized carbons (Fsp3) is 0.125. The van der Waals surface area contributed by atoms with Gasteiger partial charge in [-0.1, -0.05) is 0 Å². The standard InChI is InChI=1S/C16H14N2O2S/c1-9-6-14(10(2)5-13(9)17)20-16(19)12-7-11-3-4-21-15(11)18-8-12/h3-8H,17H2,1-2H3. The molecule has 3 rings (SSSR count). The molecule has 0 fully saturated rings. The monoisotopic (exact) mass is 298 g/mol. The average Bonchev–Trinajstić information content (AvgIpc) is 2.92. The van der Waals surface area contributed by atoms with Crippen LogP contribution in [0.3, 0.4) is 0 Å². The highest BCUT2D eigenvalue weighted by Crippen LogP contribution is 2.25. The second kappa shape index (κ2) is 5.18. The second-order valence-corrected chi connectivity index (χ2v) is 5.80. The summed E-state index contributed by atoms with van der Waals surface area (Å²) in [6.07, 6.45) is 1.54. The summed E-state index contributed by atoms with van der Waals surface area (Å²) in [4.78, 5) is 17.4. The van der Waals surface area contributed by atoms with Crippen molar-refractivity contribution < 1.29 is 9.53 Å². The van der Waals surface area contributed by atoms with Crippen molar-refractivity contribution in [2.45, 2.75) is 13.8 Å². The predicted octanol–water partition coefficient (Wildman–Crippen LogP) is 3.71. The molecule has 0 spiro atoms. The largest absolute Gasteiger partial charge is 0.423 e. The van der Waals surface area contributed by atoms with Gasteiger partial charge in [0, 0.05) is 17.3 Å². The predicted molar refractivity (Wildman–Crippen MR) is 84.9 cm³/mol. The van der Waals surface area contributed by atoms with E-state index in [2.05, 4.69) is 4.98 Å². The lowest BCUT2D eigenvalue weighted by Crippen LogP contribution is -2.10. The number of hydrogen-bond donors (Lipinski definition) is 1. The summed E-state index contributed by atoms with van der Waals surface area (Å²) in [5, 5.41) is 2.89. The minimum absolute atomic E-state index is 0.414. The first-order valence-electron chi connectivity index (χ1n) is 6.47. The molecule has 21 heavy (non-hydrogen) atoms. The summed E-state index contributed by atoms with van der Waals surface area (Å²) >= 11 is 1.54. The minimum Gasteiger partial charge on any atom is -0.423 e. The van der Waals surface area contributed by atoms with Gasteiger partial charge in [-0.05, 0) is 54.6 Å². The Morgan fingerprint density at radius 3 is 2.86 bits per heavy atom.